The Labute approximate surface area is 134 Å². The van der Waals surface area contributed by atoms with Crippen LogP contribution in [-0.4, -0.2) is 35.0 Å². The summed E-state index contributed by atoms with van der Waals surface area (Å²) in [5, 5.41) is 2.81. The van der Waals surface area contributed by atoms with E-state index in [1.807, 2.05) is 32.0 Å². The first-order valence-electron chi connectivity index (χ1n) is 7.16. The molecule has 0 saturated heterocycles. The van der Waals surface area contributed by atoms with Crippen molar-refractivity contribution in [1.29, 1.82) is 0 Å². The monoisotopic (exact) mass is 317 g/mol. The molecule has 0 radical (unpaired) electrons. The number of amides is 2. The van der Waals surface area contributed by atoms with E-state index in [9.17, 15) is 9.59 Å². The Hall–Kier alpha value is -2.83. The first kappa shape index (κ1) is 16.5. The van der Waals surface area contributed by atoms with Crippen molar-refractivity contribution < 1.29 is 18.7 Å². The molecule has 0 atom stereocenters. The highest BCUT2D eigenvalue weighted by atomic mass is 16.5. The van der Waals surface area contributed by atoms with Gasteiger partial charge in [0.15, 0.2) is 5.69 Å². The number of hydrogen-bond acceptors (Lipinski definition) is 5. The highest BCUT2D eigenvalue weighted by Gasteiger charge is 2.21. The third kappa shape index (κ3) is 4.32. The maximum Gasteiger partial charge on any atom is 0.360 e. The number of esters is 1. The number of hydrogen-bond donors (Lipinski definition) is 1. The fourth-order valence-electron chi connectivity index (χ4n) is 1.93. The lowest BCUT2D eigenvalue weighted by Crippen LogP contribution is -2.39. The lowest BCUT2D eigenvalue weighted by molar-refractivity contribution is 0.0594. The molecule has 1 heterocycles. The van der Waals surface area contributed by atoms with Crippen molar-refractivity contribution in [2.24, 2.45) is 0 Å². The SMILES string of the molecule is COC(=O)c1coc(CN(C(=O)Nc2ccccc2)C(C)C)n1. The molecule has 2 aromatic rings. The number of carbonyl (C=O) groups excluding carboxylic acids is 2. The molecule has 1 aromatic heterocycles. The van der Waals surface area contributed by atoms with E-state index in [0.29, 0.717) is 5.69 Å². The lowest BCUT2D eigenvalue weighted by Gasteiger charge is -2.25. The quantitative estimate of drug-likeness (QED) is 0.857. The Bertz CT molecular complexity index is 667. The average molecular weight is 317 g/mol. The van der Waals surface area contributed by atoms with Crippen LogP contribution in [0.25, 0.3) is 0 Å². The number of oxazole rings is 1. The van der Waals surface area contributed by atoms with Crippen LogP contribution in [0.4, 0.5) is 10.5 Å². The van der Waals surface area contributed by atoms with Gasteiger partial charge in [0.05, 0.1) is 13.7 Å². The van der Waals surface area contributed by atoms with Crippen molar-refractivity contribution >= 4 is 17.7 Å². The van der Waals surface area contributed by atoms with Gasteiger partial charge in [-0.05, 0) is 26.0 Å². The Balaban J connectivity index is 2.08. The number of rotatable bonds is 5. The van der Waals surface area contributed by atoms with Crippen molar-refractivity contribution in [3.63, 3.8) is 0 Å². The summed E-state index contributed by atoms with van der Waals surface area (Å²) in [7, 11) is 1.27. The van der Waals surface area contributed by atoms with Gasteiger partial charge in [-0.25, -0.2) is 14.6 Å². The normalized spacial score (nSPS) is 10.4. The summed E-state index contributed by atoms with van der Waals surface area (Å²) >= 11 is 0. The largest absolute Gasteiger partial charge is 0.464 e. The first-order valence-corrected chi connectivity index (χ1v) is 7.16. The standard InChI is InChI=1S/C16H19N3O4/c1-11(2)19(16(21)17-12-7-5-4-6-8-12)9-14-18-13(10-23-14)15(20)22-3/h4-8,10-11H,9H2,1-3H3,(H,17,21). The molecule has 23 heavy (non-hydrogen) atoms. The molecule has 0 aliphatic heterocycles. The minimum absolute atomic E-state index is 0.0767. The van der Waals surface area contributed by atoms with Crippen molar-refractivity contribution in [2.45, 2.75) is 26.4 Å². The van der Waals surface area contributed by atoms with E-state index in [1.54, 1.807) is 17.0 Å². The van der Waals surface area contributed by atoms with E-state index in [-0.39, 0.29) is 30.2 Å². The second-order valence-electron chi connectivity index (χ2n) is 5.14. The van der Waals surface area contributed by atoms with Gasteiger partial charge in [-0.15, -0.1) is 0 Å². The fraction of sp³-hybridized carbons (Fsp3) is 0.312. The van der Waals surface area contributed by atoms with Crippen LogP contribution in [0.1, 0.15) is 30.2 Å². The number of urea groups is 1. The van der Waals surface area contributed by atoms with Crippen molar-refractivity contribution in [1.82, 2.24) is 9.88 Å². The zero-order valence-electron chi connectivity index (χ0n) is 13.3. The summed E-state index contributed by atoms with van der Waals surface area (Å²) in [6.45, 7) is 3.91. The fourth-order valence-corrected chi connectivity index (χ4v) is 1.93. The number of nitrogens with zero attached hydrogens (tertiary/aromatic N) is 2. The second kappa shape index (κ2) is 7.44. The molecular formula is C16H19N3O4. The van der Waals surface area contributed by atoms with Gasteiger partial charge >= 0.3 is 12.0 Å². The van der Waals surface area contributed by atoms with E-state index < -0.39 is 5.97 Å². The molecule has 0 fully saturated rings. The van der Waals surface area contributed by atoms with Crippen LogP contribution in [-0.2, 0) is 11.3 Å². The summed E-state index contributed by atoms with van der Waals surface area (Å²) < 4.78 is 9.81. The summed E-state index contributed by atoms with van der Waals surface area (Å²) in [5.41, 5.74) is 0.778. The highest BCUT2D eigenvalue weighted by molar-refractivity contribution is 5.89. The number of nitrogens with one attached hydrogen (secondary N) is 1. The van der Waals surface area contributed by atoms with Crippen LogP contribution in [0.5, 0.6) is 0 Å². The third-order valence-electron chi connectivity index (χ3n) is 3.16. The van der Waals surface area contributed by atoms with Gasteiger partial charge in [0.25, 0.3) is 0 Å². The van der Waals surface area contributed by atoms with Gasteiger partial charge in [-0.3, -0.25) is 0 Å². The van der Waals surface area contributed by atoms with Crippen LogP contribution >= 0.6 is 0 Å². The highest BCUT2D eigenvalue weighted by Crippen LogP contribution is 2.13. The Morgan fingerprint density at radius 3 is 2.61 bits per heavy atom. The Morgan fingerprint density at radius 2 is 2.00 bits per heavy atom. The summed E-state index contributed by atoms with van der Waals surface area (Å²) in [6.07, 6.45) is 1.22. The van der Waals surface area contributed by atoms with Gasteiger partial charge in [0, 0.05) is 11.7 Å². The van der Waals surface area contributed by atoms with Crippen LogP contribution in [0, 0.1) is 0 Å². The second-order valence-corrected chi connectivity index (χ2v) is 5.14. The topological polar surface area (TPSA) is 84.7 Å². The van der Waals surface area contributed by atoms with Gasteiger partial charge in [-0.1, -0.05) is 18.2 Å². The van der Waals surface area contributed by atoms with Gasteiger partial charge in [0.2, 0.25) is 5.89 Å². The smallest absolute Gasteiger partial charge is 0.360 e. The molecule has 1 N–H and O–H groups in total. The molecule has 0 unspecified atom stereocenters. The van der Waals surface area contributed by atoms with Crippen LogP contribution in [0.15, 0.2) is 41.0 Å². The molecule has 0 aliphatic rings. The van der Waals surface area contributed by atoms with E-state index in [2.05, 4.69) is 15.0 Å². The molecule has 0 aliphatic carbocycles. The number of ether oxygens (including phenoxy) is 1. The van der Waals surface area contributed by atoms with Gasteiger partial charge in [-0.2, -0.15) is 0 Å². The molecule has 1 aromatic carbocycles. The van der Waals surface area contributed by atoms with Crippen LogP contribution in [0.2, 0.25) is 0 Å². The minimum atomic E-state index is -0.579. The number of para-hydroxylation sites is 1. The van der Waals surface area contributed by atoms with Crippen molar-refractivity contribution in [3.8, 4) is 0 Å². The molecule has 7 nitrogen and oxygen atoms in total. The summed E-state index contributed by atoms with van der Waals surface area (Å²) in [4.78, 5) is 29.4. The lowest BCUT2D eigenvalue weighted by atomic mass is 10.3. The maximum absolute atomic E-state index is 12.4. The molecular weight excluding hydrogens is 298 g/mol. The first-order chi connectivity index (χ1) is 11.0. The number of benzene rings is 1. The third-order valence-corrected chi connectivity index (χ3v) is 3.16. The van der Waals surface area contributed by atoms with E-state index >= 15 is 0 Å². The van der Waals surface area contributed by atoms with E-state index in [4.69, 9.17) is 4.42 Å². The van der Waals surface area contributed by atoms with Crippen molar-refractivity contribution in [2.75, 3.05) is 12.4 Å². The summed E-state index contributed by atoms with van der Waals surface area (Å²) in [5.74, 6) is -0.313. The number of carbonyl (C=O) groups is 2. The number of aromatic nitrogens is 1. The van der Waals surface area contributed by atoms with Crippen molar-refractivity contribution in [3.05, 3.63) is 48.2 Å². The van der Waals surface area contributed by atoms with Crippen LogP contribution in [0.3, 0.4) is 0 Å². The molecule has 2 amide bonds. The molecule has 0 bridgehead atoms. The van der Waals surface area contributed by atoms with E-state index in [0.717, 1.165) is 0 Å². The zero-order valence-corrected chi connectivity index (χ0v) is 13.3. The predicted molar refractivity (Wildman–Crippen MR) is 84.0 cm³/mol. The zero-order chi connectivity index (χ0) is 16.8. The molecule has 0 spiro atoms. The average Bonchev–Trinajstić information content (AvgIpc) is 3.01. The number of anilines is 1. The molecule has 7 heteroatoms. The molecule has 2 rings (SSSR count). The van der Waals surface area contributed by atoms with Gasteiger partial charge in [0.1, 0.15) is 6.26 Å². The predicted octanol–water partition coefficient (Wildman–Crippen LogP) is 2.90. The Kier molecular flexibility index (Phi) is 5.35. The minimum Gasteiger partial charge on any atom is -0.464 e. The molecule has 0 saturated carbocycles. The van der Waals surface area contributed by atoms with Crippen LogP contribution < -0.4 is 5.32 Å². The number of methoxy groups -OCH3 is 1. The summed E-state index contributed by atoms with van der Waals surface area (Å²) in [6, 6.07) is 8.80. The Morgan fingerprint density at radius 1 is 1.30 bits per heavy atom. The molecule has 122 valence electrons. The maximum atomic E-state index is 12.4. The van der Waals surface area contributed by atoms with E-state index in [1.165, 1.54) is 13.4 Å². The van der Waals surface area contributed by atoms with Gasteiger partial charge < -0.3 is 19.4 Å².